The standard InChI is InChI=1S/C37H22ClN3O/c38-37-40-35(27-13-6-11-26(22-27)29-15-8-18-33-34(29)31-14-4-5-17-32(31)42-33)39-36(41-37)30-16-7-12-25-21-24(19-20-28(25)30)23-9-2-1-3-10-23/h1-22H/i1D,2D,3D,9D,10D. The first-order chi connectivity index (χ1) is 22.8. The Morgan fingerprint density at radius 1 is 0.548 bits per heavy atom. The van der Waals surface area contributed by atoms with Crippen molar-refractivity contribution in [1.29, 1.82) is 0 Å². The summed E-state index contributed by atoms with van der Waals surface area (Å²) in [6.45, 7) is 0. The van der Waals surface area contributed by atoms with Crippen LogP contribution in [-0.2, 0) is 0 Å². The van der Waals surface area contributed by atoms with Gasteiger partial charge in [-0.25, -0.2) is 4.98 Å². The van der Waals surface area contributed by atoms with Gasteiger partial charge < -0.3 is 4.42 Å². The van der Waals surface area contributed by atoms with E-state index in [-0.39, 0.29) is 35.0 Å². The van der Waals surface area contributed by atoms with Crippen molar-refractivity contribution < 1.29 is 11.3 Å². The van der Waals surface area contributed by atoms with E-state index in [4.69, 9.17) is 27.9 Å². The van der Waals surface area contributed by atoms with Crippen LogP contribution in [0.4, 0.5) is 0 Å². The van der Waals surface area contributed by atoms with Gasteiger partial charge in [0.05, 0.1) is 6.85 Å². The van der Waals surface area contributed by atoms with Crippen LogP contribution in [0.2, 0.25) is 5.28 Å². The first-order valence-corrected chi connectivity index (χ1v) is 13.7. The fourth-order valence-corrected chi connectivity index (χ4v) is 5.63. The molecule has 42 heavy (non-hydrogen) atoms. The van der Waals surface area contributed by atoms with E-state index in [0.717, 1.165) is 49.4 Å². The van der Waals surface area contributed by atoms with Gasteiger partial charge in [0.2, 0.25) is 5.28 Å². The fraction of sp³-hybridized carbons (Fsp3) is 0. The molecular formula is C37H22ClN3O. The molecule has 6 aromatic carbocycles. The summed E-state index contributed by atoms with van der Waals surface area (Å²) in [7, 11) is 0. The zero-order chi connectivity index (χ0) is 32.4. The largest absolute Gasteiger partial charge is 0.456 e. The van der Waals surface area contributed by atoms with Crippen LogP contribution < -0.4 is 0 Å². The number of aromatic nitrogens is 3. The lowest BCUT2D eigenvalue weighted by Gasteiger charge is -2.10. The topological polar surface area (TPSA) is 51.8 Å². The van der Waals surface area contributed by atoms with E-state index in [1.165, 1.54) is 0 Å². The highest BCUT2D eigenvalue weighted by Crippen LogP contribution is 2.38. The SMILES string of the molecule is [2H]c1c([2H])c([2H])c(-c2ccc3c(-c4nc(Cl)nc(-c5cccc(-c6cccc7oc8ccccc8c67)c5)n4)cccc3c2)c([2H])c1[2H]. The van der Waals surface area contributed by atoms with Gasteiger partial charge in [0.1, 0.15) is 11.2 Å². The molecule has 8 aromatic rings. The lowest BCUT2D eigenvalue weighted by Crippen LogP contribution is -1.98. The second-order valence-corrected chi connectivity index (χ2v) is 10.2. The normalized spacial score (nSPS) is 13.1. The zero-order valence-electron chi connectivity index (χ0n) is 26.9. The quantitative estimate of drug-likeness (QED) is 0.213. The molecule has 0 spiro atoms. The van der Waals surface area contributed by atoms with E-state index < -0.39 is 6.04 Å². The van der Waals surface area contributed by atoms with Crippen LogP contribution in [0, 0.1) is 0 Å². The van der Waals surface area contributed by atoms with Gasteiger partial charge in [-0.2, -0.15) is 9.97 Å². The average Bonchev–Trinajstić information content (AvgIpc) is 3.48. The molecule has 0 radical (unpaired) electrons. The minimum absolute atomic E-state index is 0.0473. The Morgan fingerprint density at radius 2 is 1.31 bits per heavy atom. The maximum atomic E-state index is 8.40. The highest BCUT2D eigenvalue weighted by Gasteiger charge is 2.15. The summed E-state index contributed by atoms with van der Waals surface area (Å²) in [5, 5.41) is 3.72. The van der Waals surface area contributed by atoms with Crippen LogP contribution in [0.15, 0.2) is 138 Å². The summed E-state index contributed by atoms with van der Waals surface area (Å²) in [6, 6.07) is 31.3. The van der Waals surface area contributed by atoms with Gasteiger partial charge in [-0.1, -0.05) is 109 Å². The average molecular weight is 565 g/mol. The van der Waals surface area contributed by atoms with Gasteiger partial charge in [0, 0.05) is 21.9 Å². The van der Waals surface area contributed by atoms with E-state index in [2.05, 4.69) is 22.1 Å². The maximum Gasteiger partial charge on any atom is 0.226 e. The number of hydrogen-bond donors (Lipinski definition) is 0. The third-order valence-corrected chi connectivity index (χ3v) is 7.52. The van der Waals surface area contributed by atoms with Crippen molar-refractivity contribution in [2.75, 3.05) is 0 Å². The highest BCUT2D eigenvalue weighted by molar-refractivity contribution is 6.28. The third-order valence-electron chi connectivity index (χ3n) is 7.35. The van der Waals surface area contributed by atoms with Crippen molar-refractivity contribution in [3.05, 3.63) is 139 Å². The molecule has 0 fully saturated rings. The zero-order valence-corrected chi connectivity index (χ0v) is 22.7. The first kappa shape index (κ1) is 19.7. The minimum Gasteiger partial charge on any atom is -0.456 e. The first-order valence-electron chi connectivity index (χ1n) is 15.8. The number of para-hydroxylation sites is 1. The number of benzene rings is 6. The van der Waals surface area contributed by atoms with Crippen molar-refractivity contribution in [2.24, 2.45) is 0 Å². The van der Waals surface area contributed by atoms with Crippen LogP contribution >= 0.6 is 11.6 Å². The van der Waals surface area contributed by atoms with Gasteiger partial charge in [0.15, 0.2) is 11.6 Å². The molecule has 0 bridgehead atoms. The van der Waals surface area contributed by atoms with Gasteiger partial charge >= 0.3 is 0 Å². The molecule has 0 amide bonds. The number of nitrogens with zero attached hydrogens (tertiary/aromatic N) is 3. The summed E-state index contributed by atoms with van der Waals surface area (Å²) >= 11 is 6.50. The van der Waals surface area contributed by atoms with Crippen molar-refractivity contribution >= 4 is 44.3 Å². The Hall–Kier alpha value is -5.32. The number of fused-ring (bicyclic) bond motifs is 4. The van der Waals surface area contributed by atoms with Crippen LogP contribution in [-0.4, -0.2) is 15.0 Å². The summed E-state index contributed by atoms with van der Waals surface area (Å²) in [5.41, 5.74) is 5.78. The summed E-state index contributed by atoms with van der Waals surface area (Å²) in [5.74, 6) is 0.799. The number of halogens is 1. The summed E-state index contributed by atoms with van der Waals surface area (Å²) < 4.78 is 47.0. The number of hydrogen-bond acceptors (Lipinski definition) is 4. The molecule has 0 unspecified atom stereocenters. The second-order valence-electron chi connectivity index (χ2n) is 9.85. The van der Waals surface area contributed by atoms with Crippen LogP contribution in [0.3, 0.4) is 0 Å². The molecule has 0 aliphatic carbocycles. The molecule has 2 heterocycles. The van der Waals surface area contributed by atoms with Crippen molar-refractivity contribution in [1.82, 2.24) is 15.0 Å². The fourth-order valence-electron chi connectivity index (χ4n) is 5.47. The summed E-state index contributed by atoms with van der Waals surface area (Å²) in [6.07, 6.45) is 0. The van der Waals surface area contributed by atoms with E-state index >= 15 is 0 Å². The molecule has 198 valence electrons. The molecule has 0 aliphatic heterocycles. The van der Waals surface area contributed by atoms with Gasteiger partial charge in [-0.3, -0.25) is 0 Å². The molecule has 0 atom stereocenters. The van der Waals surface area contributed by atoms with Gasteiger partial charge in [-0.15, -0.1) is 0 Å². The van der Waals surface area contributed by atoms with Gasteiger partial charge in [0.25, 0.3) is 0 Å². The molecular weight excluding hydrogens is 538 g/mol. The Labute approximate surface area is 253 Å². The lowest BCUT2D eigenvalue weighted by atomic mass is 9.97. The van der Waals surface area contributed by atoms with Crippen LogP contribution in [0.5, 0.6) is 0 Å². The van der Waals surface area contributed by atoms with E-state index in [0.29, 0.717) is 22.8 Å². The third kappa shape index (κ3) is 4.21. The second kappa shape index (κ2) is 9.95. The lowest BCUT2D eigenvalue weighted by molar-refractivity contribution is 0.669. The predicted octanol–water partition coefficient (Wildman–Crippen LogP) is 10.2. The van der Waals surface area contributed by atoms with E-state index in [9.17, 15) is 0 Å². The van der Waals surface area contributed by atoms with Crippen molar-refractivity contribution in [2.45, 2.75) is 0 Å². The Bertz CT molecular complexity index is 2540. The molecule has 2 aromatic heterocycles. The minimum atomic E-state index is -0.424. The maximum absolute atomic E-state index is 8.40. The summed E-state index contributed by atoms with van der Waals surface area (Å²) in [4.78, 5) is 13.8. The van der Waals surface area contributed by atoms with E-state index in [1.54, 1.807) is 12.1 Å². The monoisotopic (exact) mass is 564 g/mol. The van der Waals surface area contributed by atoms with Gasteiger partial charge in [-0.05, 0) is 68.9 Å². The Kier molecular flexibility index (Phi) is 4.67. The van der Waals surface area contributed by atoms with Crippen molar-refractivity contribution in [3.8, 4) is 45.0 Å². The van der Waals surface area contributed by atoms with Crippen LogP contribution in [0.25, 0.3) is 77.7 Å². The molecule has 5 heteroatoms. The number of furan rings is 1. The smallest absolute Gasteiger partial charge is 0.226 e. The molecule has 0 N–H and O–H groups in total. The molecule has 0 saturated carbocycles. The molecule has 4 nitrogen and oxygen atoms in total. The molecule has 0 saturated heterocycles. The van der Waals surface area contributed by atoms with Crippen LogP contribution in [0.1, 0.15) is 6.85 Å². The predicted molar refractivity (Wildman–Crippen MR) is 171 cm³/mol. The Morgan fingerprint density at radius 3 is 2.24 bits per heavy atom. The highest BCUT2D eigenvalue weighted by atomic mass is 35.5. The molecule has 8 rings (SSSR count). The number of rotatable bonds is 4. The van der Waals surface area contributed by atoms with Crippen molar-refractivity contribution in [3.63, 3.8) is 0 Å². The Balaban J connectivity index is 1.23. The van der Waals surface area contributed by atoms with E-state index in [1.807, 2.05) is 78.9 Å². The molecule has 0 aliphatic rings.